The molecule has 8 heteroatoms. The molecule has 1 aromatic rings. The van der Waals surface area contributed by atoms with Gasteiger partial charge in [0.2, 0.25) is 5.91 Å². The predicted octanol–water partition coefficient (Wildman–Crippen LogP) is 1.58. The number of piperidine rings is 1. The fourth-order valence-electron chi connectivity index (χ4n) is 2.79. The summed E-state index contributed by atoms with van der Waals surface area (Å²) < 4.78 is 41.0. The van der Waals surface area contributed by atoms with Crippen molar-refractivity contribution in [2.24, 2.45) is 11.8 Å². The number of benzene rings is 1. The quantitative estimate of drug-likeness (QED) is 0.852. The third kappa shape index (κ3) is 5.26. The Morgan fingerprint density at radius 1 is 1.22 bits per heavy atom. The lowest BCUT2D eigenvalue weighted by Gasteiger charge is -2.33. The van der Waals surface area contributed by atoms with Crippen LogP contribution in [0.4, 0.5) is 10.1 Å². The molecule has 2 atom stereocenters. The summed E-state index contributed by atoms with van der Waals surface area (Å²) in [7, 11) is -3.68. The van der Waals surface area contributed by atoms with Gasteiger partial charge in [-0.05, 0) is 42.5 Å². The Morgan fingerprint density at radius 2 is 1.78 bits per heavy atom. The summed E-state index contributed by atoms with van der Waals surface area (Å²) in [4.78, 5) is 11.8. The third-order valence-corrected chi connectivity index (χ3v) is 5.21. The van der Waals surface area contributed by atoms with Crippen molar-refractivity contribution in [3.63, 3.8) is 0 Å². The van der Waals surface area contributed by atoms with Gasteiger partial charge in [0.1, 0.15) is 5.82 Å². The van der Waals surface area contributed by atoms with E-state index in [0.29, 0.717) is 30.6 Å². The van der Waals surface area contributed by atoms with Crippen LogP contribution in [0.15, 0.2) is 24.3 Å². The molecule has 0 radical (unpaired) electrons. The zero-order chi connectivity index (χ0) is 17.0. The molecule has 1 aromatic carbocycles. The number of rotatable bonds is 5. The van der Waals surface area contributed by atoms with E-state index in [9.17, 15) is 17.6 Å². The van der Waals surface area contributed by atoms with Crippen molar-refractivity contribution < 1.29 is 17.6 Å². The van der Waals surface area contributed by atoms with Crippen molar-refractivity contribution in [1.29, 1.82) is 0 Å². The molecular weight excluding hydrogens is 321 g/mol. The Bertz CT molecular complexity index is 638. The maximum Gasteiger partial charge on any atom is 0.279 e. The number of nitrogens with zero attached hydrogens (tertiary/aromatic N) is 1. The molecule has 2 N–H and O–H groups in total. The molecule has 1 amide bonds. The molecule has 1 fully saturated rings. The van der Waals surface area contributed by atoms with Crippen molar-refractivity contribution in [2.75, 3.05) is 25.0 Å². The molecule has 0 aliphatic carbocycles. The minimum Gasteiger partial charge on any atom is -0.325 e. The zero-order valence-electron chi connectivity index (χ0n) is 13.3. The van der Waals surface area contributed by atoms with Crippen molar-refractivity contribution in [2.45, 2.75) is 20.3 Å². The maximum absolute atomic E-state index is 12.8. The van der Waals surface area contributed by atoms with E-state index in [-0.39, 0.29) is 6.54 Å². The number of amides is 1. The van der Waals surface area contributed by atoms with Gasteiger partial charge in [0.15, 0.2) is 0 Å². The number of carbonyl (C=O) groups is 1. The fraction of sp³-hybridized carbons (Fsp3) is 0.533. The molecule has 0 saturated carbocycles. The SMILES string of the molecule is C[C@@H]1C[C@@H](C)CN(S(=O)(=O)NCC(=O)Nc2ccc(F)cc2)C1. The highest BCUT2D eigenvalue weighted by Crippen LogP contribution is 2.22. The highest BCUT2D eigenvalue weighted by atomic mass is 32.2. The lowest BCUT2D eigenvalue weighted by atomic mass is 9.94. The van der Waals surface area contributed by atoms with Crippen LogP contribution in [-0.4, -0.2) is 38.3 Å². The summed E-state index contributed by atoms with van der Waals surface area (Å²) in [6.07, 6.45) is 0.997. The van der Waals surface area contributed by atoms with E-state index in [1.54, 1.807) is 0 Å². The van der Waals surface area contributed by atoms with Gasteiger partial charge in [0.25, 0.3) is 10.2 Å². The largest absolute Gasteiger partial charge is 0.325 e. The van der Waals surface area contributed by atoms with Crippen LogP contribution in [0.3, 0.4) is 0 Å². The molecule has 1 aliphatic rings. The summed E-state index contributed by atoms with van der Waals surface area (Å²) >= 11 is 0. The monoisotopic (exact) mass is 343 g/mol. The molecule has 0 bridgehead atoms. The Labute approximate surface area is 136 Å². The first-order valence-electron chi connectivity index (χ1n) is 7.56. The van der Waals surface area contributed by atoms with Gasteiger partial charge in [-0.1, -0.05) is 13.8 Å². The number of hydrogen-bond acceptors (Lipinski definition) is 3. The van der Waals surface area contributed by atoms with Crippen LogP contribution in [0.25, 0.3) is 0 Å². The molecule has 1 saturated heterocycles. The van der Waals surface area contributed by atoms with Crippen molar-refractivity contribution in [3.05, 3.63) is 30.1 Å². The van der Waals surface area contributed by atoms with Crippen LogP contribution in [0.2, 0.25) is 0 Å². The molecular formula is C15H22FN3O3S. The molecule has 2 rings (SSSR count). The van der Waals surface area contributed by atoms with Crippen molar-refractivity contribution in [1.82, 2.24) is 9.03 Å². The second kappa shape index (κ2) is 7.37. The van der Waals surface area contributed by atoms with Gasteiger partial charge in [0, 0.05) is 18.8 Å². The van der Waals surface area contributed by atoms with E-state index in [4.69, 9.17) is 0 Å². The molecule has 6 nitrogen and oxygen atoms in total. The van der Waals surface area contributed by atoms with Crippen molar-refractivity contribution in [3.8, 4) is 0 Å². The minimum absolute atomic E-state index is 0.295. The summed E-state index contributed by atoms with van der Waals surface area (Å²) in [5.74, 6) is -0.318. The first-order valence-corrected chi connectivity index (χ1v) is 9.00. The fourth-order valence-corrected chi connectivity index (χ4v) is 4.19. The lowest BCUT2D eigenvalue weighted by molar-refractivity contribution is -0.115. The number of halogens is 1. The third-order valence-electron chi connectivity index (χ3n) is 3.72. The topological polar surface area (TPSA) is 78.5 Å². The zero-order valence-corrected chi connectivity index (χ0v) is 14.1. The number of anilines is 1. The second-order valence-electron chi connectivity index (χ2n) is 6.14. The van der Waals surface area contributed by atoms with E-state index in [1.807, 2.05) is 13.8 Å². The molecule has 0 unspecified atom stereocenters. The summed E-state index contributed by atoms with van der Waals surface area (Å²) in [5.41, 5.74) is 0.413. The molecule has 1 heterocycles. The summed E-state index contributed by atoms with van der Waals surface area (Å²) in [6.45, 7) is 4.58. The second-order valence-corrected chi connectivity index (χ2v) is 7.90. The highest BCUT2D eigenvalue weighted by Gasteiger charge is 2.30. The van der Waals surface area contributed by atoms with Gasteiger partial charge in [-0.2, -0.15) is 17.4 Å². The van der Waals surface area contributed by atoms with Gasteiger partial charge in [-0.25, -0.2) is 4.39 Å². The van der Waals surface area contributed by atoms with Crippen LogP contribution in [-0.2, 0) is 15.0 Å². The molecule has 128 valence electrons. The number of hydrogen-bond donors (Lipinski definition) is 2. The molecule has 0 spiro atoms. The summed E-state index contributed by atoms with van der Waals surface area (Å²) in [5, 5.41) is 2.51. The van der Waals surface area contributed by atoms with Crippen molar-refractivity contribution >= 4 is 21.8 Å². The van der Waals surface area contributed by atoms with E-state index in [1.165, 1.54) is 28.6 Å². The first-order chi connectivity index (χ1) is 10.8. The van der Waals surface area contributed by atoms with Gasteiger partial charge in [0.05, 0.1) is 6.54 Å². The van der Waals surface area contributed by atoms with Gasteiger partial charge < -0.3 is 5.32 Å². The first kappa shape index (κ1) is 17.8. The highest BCUT2D eigenvalue weighted by molar-refractivity contribution is 7.87. The molecule has 0 aromatic heterocycles. The van der Waals surface area contributed by atoms with Gasteiger partial charge in [-0.15, -0.1) is 0 Å². The Hall–Kier alpha value is -1.51. The van der Waals surface area contributed by atoms with E-state index >= 15 is 0 Å². The Morgan fingerprint density at radius 3 is 2.35 bits per heavy atom. The van der Waals surface area contributed by atoms with Crippen LogP contribution in [0.1, 0.15) is 20.3 Å². The number of nitrogens with one attached hydrogen (secondary N) is 2. The average molecular weight is 343 g/mol. The standard InChI is InChI=1S/C15H22FN3O3S/c1-11-7-12(2)10-19(9-11)23(21,22)17-8-15(20)18-14-5-3-13(16)4-6-14/h3-6,11-12,17H,7-10H2,1-2H3,(H,18,20)/t11-,12-/m1/s1. The number of carbonyl (C=O) groups excluding carboxylic acids is 1. The van der Waals surface area contributed by atoms with Crippen LogP contribution < -0.4 is 10.0 Å². The lowest BCUT2D eigenvalue weighted by Crippen LogP contribution is -2.49. The van der Waals surface area contributed by atoms with E-state index in [0.717, 1.165) is 6.42 Å². The Kier molecular flexibility index (Phi) is 5.72. The molecule has 23 heavy (non-hydrogen) atoms. The maximum atomic E-state index is 12.8. The smallest absolute Gasteiger partial charge is 0.279 e. The van der Waals surface area contributed by atoms with Crippen LogP contribution in [0, 0.1) is 17.7 Å². The van der Waals surface area contributed by atoms with E-state index < -0.39 is 21.9 Å². The molecule has 1 aliphatic heterocycles. The van der Waals surface area contributed by atoms with Gasteiger partial charge >= 0.3 is 0 Å². The normalized spacial score (nSPS) is 22.7. The predicted molar refractivity (Wildman–Crippen MR) is 86.5 cm³/mol. The van der Waals surface area contributed by atoms with E-state index in [2.05, 4.69) is 10.0 Å². The van der Waals surface area contributed by atoms with Crippen LogP contribution in [0.5, 0.6) is 0 Å². The summed E-state index contributed by atoms with van der Waals surface area (Å²) in [6, 6.07) is 5.26. The van der Waals surface area contributed by atoms with Crippen LogP contribution >= 0.6 is 0 Å². The Balaban J connectivity index is 1.88. The van der Waals surface area contributed by atoms with Gasteiger partial charge in [-0.3, -0.25) is 4.79 Å². The average Bonchev–Trinajstić information content (AvgIpc) is 2.47. The minimum atomic E-state index is -3.68.